The fourth-order valence-corrected chi connectivity index (χ4v) is 3.13. The number of benzene rings is 1. The molecule has 0 saturated carbocycles. The van der Waals surface area contributed by atoms with Gasteiger partial charge in [-0.05, 0) is 54.2 Å². The number of hydrogen-bond acceptors (Lipinski definition) is 2. The summed E-state index contributed by atoms with van der Waals surface area (Å²) in [6, 6.07) is 10.4. The Hall–Kier alpha value is -1.19. The molecule has 19 heavy (non-hydrogen) atoms. The first-order chi connectivity index (χ1) is 9.28. The largest absolute Gasteiger partial charge is 0.370 e. The van der Waals surface area contributed by atoms with Crippen LogP contribution in [0.25, 0.3) is 0 Å². The number of aromatic nitrogens is 1. The zero-order chi connectivity index (χ0) is 13.2. The van der Waals surface area contributed by atoms with E-state index in [-0.39, 0.29) is 6.10 Å². The van der Waals surface area contributed by atoms with Gasteiger partial charge in [0.05, 0.1) is 5.69 Å². The molecule has 3 rings (SSSR count). The second kappa shape index (κ2) is 5.43. The van der Waals surface area contributed by atoms with Gasteiger partial charge in [0, 0.05) is 17.8 Å². The standard InChI is InChI=1S/C16H16BrNO/c1-19-16(12-5-3-7-14(17)8-12)15-9-11-4-2-6-13(11)10-18-15/h3,5,7-10,16H,2,4,6H2,1H3. The number of aryl methyl sites for hydroxylation is 2. The zero-order valence-corrected chi connectivity index (χ0v) is 12.5. The average molecular weight is 318 g/mol. The van der Waals surface area contributed by atoms with Gasteiger partial charge in [0.2, 0.25) is 0 Å². The van der Waals surface area contributed by atoms with E-state index in [1.54, 1.807) is 7.11 Å². The maximum Gasteiger partial charge on any atom is 0.124 e. The summed E-state index contributed by atoms with van der Waals surface area (Å²) >= 11 is 3.51. The summed E-state index contributed by atoms with van der Waals surface area (Å²) in [5.74, 6) is 0. The van der Waals surface area contributed by atoms with Gasteiger partial charge in [-0.25, -0.2) is 0 Å². The molecule has 0 N–H and O–H groups in total. The van der Waals surface area contributed by atoms with Crippen molar-refractivity contribution in [2.24, 2.45) is 0 Å². The molecule has 0 radical (unpaired) electrons. The highest BCUT2D eigenvalue weighted by atomic mass is 79.9. The second-order valence-corrected chi connectivity index (χ2v) is 5.82. The highest BCUT2D eigenvalue weighted by molar-refractivity contribution is 9.10. The molecule has 0 saturated heterocycles. The van der Waals surface area contributed by atoms with Gasteiger partial charge in [-0.3, -0.25) is 4.98 Å². The summed E-state index contributed by atoms with van der Waals surface area (Å²) in [4.78, 5) is 4.59. The fraction of sp³-hybridized carbons (Fsp3) is 0.312. The van der Waals surface area contributed by atoms with Crippen LogP contribution in [0.2, 0.25) is 0 Å². The smallest absolute Gasteiger partial charge is 0.124 e. The number of ether oxygens (including phenoxy) is 1. The van der Waals surface area contributed by atoms with E-state index < -0.39 is 0 Å². The molecule has 1 aliphatic carbocycles. The van der Waals surface area contributed by atoms with Gasteiger partial charge in [-0.15, -0.1) is 0 Å². The van der Waals surface area contributed by atoms with Crippen molar-refractivity contribution in [3.63, 3.8) is 0 Å². The molecule has 3 heteroatoms. The molecular formula is C16H16BrNO. The van der Waals surface area contributed by atoms with E-state index in [0.717, 1.165) is 22.2 Å². The Balaban J connectivity index is 1.98. The monoisotopic (exact) mass is 317 g/mol. The number of fused-ring (bicyclic) bond motifs is 1. The van der Waals surface area contributed by atoms with E-state index in [9.17, 15) is 0 Å². The van der Waals surface area contributed by atoms with Crippen LogP contribution in [0.4, 0.5) is 0 Å². The van der Waals surface area contributed by atoms with Crippen LogP contribution in [0.1, 0.15) is 34.9 Å². The van der Waals surface area contributed by atoms with E-state index in [4.69, 9.17) is 4.74 Å². The quantitative estimate of drug-likeness (QED) is 0.851. The number of hydrogen-bond donors (Lipinski definition) is 0. The minimum absolute atomic E-state index is 0.0941. The van der Waals surface area contributed by atoms with Crippen molar-refractivity contribution >= 4 is 15.9 Å². The van der Waals surface area contributed by atoms with E-state index in [0.29, 0.717) is 0 Å². The maximum atomic E-state index is 5.65. The van der Waals surface area contributed by atoms with E-state index >= 15 is 0 Å². The maximum absolute atomic E-state index is 5.65. The van der Waals surface area contributed by atoms with Gasteiger partial charge in [-0.2, -0.15) is 0 Å². The average Bonchev–Trinajstić information content (AvgIpc) is 2.87. The van der Waals surface area contributed by atoms with Crippen LogP contribution in [0.15, 0.2) is 41.0 Å². The summed E-state index contributed by atoms with van der Waals surface area (Å²) in [6.45, 7) is 0. The molecule has 98 valence electrons. The summed E-state index contributed by atoms with van der Waals surface area (Å²) < 4.78 is 6.72. The van der Waals surface area contributed by atoms with Crippen molar-refractivity contribution in [3.05, 3.63) is 63.4 Å². The van der Waals surface area contributed by atoms with Gasteiger partial charge >= 0.3 is 0 Å². The van der Waals surface area contributed by atoms with Crippen LogP contribution in [0.5, 0.6) is 0 Å². The second-order valence-electron chi connectivity index (χ2n) is 4.90. The Morgan fingerprint density at radius 3 is 2.84 bits per heavy atom. The first kappa shape index (κ1) is 12.8. The molecule has 0 spiro atoms. The highest BCUT2D eigenvalue weighted by Crippen LogP contribution is 2.29. The summed E-state index contributed by atoms with van der Waals surface area (Å²) in [5, 5.41) is 0. The van der Waals surface area contributed by atoms with Crippen molar-refractivity contribution in [1.29, 1.82) is 0 Å². The molecule has 0 aliphatic heterocycles. The van der Waals surface area contributed by atoms with E-state index in [1.807, 2.05) is 18.3 Å². The molecule has 0 fully saturated rings. The lowest BCUT2D eigenvalue weighted by molar-refractivity contribution is 0.133. The Labute approximate surface area is 122 Å². The third-order valence-electron chi connectivity index (χ3n) is 3.65. The van der Waals surface area contributed by atoms with Crippen molar-refractivity contribution in [2.45, 2.75) is 25.4 Å². The Morgan fingerprint density at radius 1 is 1.21 bits per heavy atom. The lowest BCUT2D eigenvalue weighted by Gasteiger charge is -2.16. The van der Waals surface area contributed by atoms with Gasteiger partial charge in [-0.1, -0.05) is 28.1 Å². The first-order valence-corrected chi connectivity index (χ1v) is 7.33. The van der Waals surface area contributed by atoms with Crippen LogP contribution < -0.4 is 0 Å². The molecule has 0 amide bonds. The van der Waals surface area contributed by atoms with Crippen molar-refractivity contribution in [3.8, 4) is 0 Å². The topological polar surface area (TPSA) is 22.1 Å². The third-order valence-corrected chi connectivity index (χ3v) is 4.15. The lowest BCUT2D eigenvalue weighted by Crippen LogP contribution is -2.06. The molecule has 1 atom stereocenters. The molecule has 2 nitrogen and oxygen atoms in total. The predicted octanol–water partition coefficient (Wildman–Crippen LogP) is 4.07. The molecule has 1 aromatic carbocycles. The van der Waals surface area contributed by atoms with Crippen LogP contribution in [0.3, 0.4) is 0 Å². The van der Waals surface area contributed by atoms with Gasteiger partial charge in [0.15, 0.2) is 0 Å². The molecule has 2 aromatic rings. The van der Waals surface area contributed by atoms with Crippen molar-refractivity contribution in [2.75, 3.05) is 7.11 Å². The number of nitrogens with zero attached hydrogens (tertiary/aromatic N) is 1. The Kier molecular flexibility index (Phi) is 3.67. The Bertz CT molecular complexity index is 597. The zero-order valence-electron chi connectivity index (χ0n) is 10.9. The van der Waals surface area contributed by atoms with Crippen LogP contribution in [0, 0.1) is 0 Å². The van der Waals surface area contributed by atoms with Crippen molar-refractivity contribution in [1.82, 2.24) is 4.98 Å². The number of halogens is 1. The normalized spacial score (nSPS) is 15.3. The number of methoxy groups -OCH3 is 1. The minimum atomic E-state index is -0.0941. The molecule has 1 unspecified atom stereocenters. The Morgan fingerprint density at radius 2 is 2.05 bits per heavy atom. The molecule has 1 heterocycles. The lowest BCUT2D eigenvalue weighted by atomic mass is 10.0. The van der Waals surface area contributed by atoms with Crippen molar-refractivity contribution < 1.29 is 4.74 Å². The van der Waals surface area contributed by atoms with Crippen LogP contribution >= 0.6 is 15.9 Å². The van der Waals surface area contributed by atoms with E-state index in [2.05, 4.69) is 39.1 Å². The number of rotatable bonds is 3. The van der Waals surface area contributed by atoms with E-state index in [1.165, 1.54) is 24.0 Å². The summed E-state index contributed by atoms with van der Waals surface area (Å²) in [6.07, 6.45) is 5.50. The molecule has 0 bridgehead atoms. The third kappa shape index (κ3) is 2.58. The first-order valence-electron chi connectivity index (χ1n) is 6.54. The number of pyridine rings is 1. The van der Waals surface area contributed by atoms with Gasteiger partial charge in [0.1, 0.15) is 6.10 Å². The predicted molar refractivity (Wildman–Crippen MR) is 79.3 cm³/mol. The summed E-state index contributed by atoms with van der Waals surface area (Å²) in [5.41, 5.74) is 4.96. The van der Waals surface area contributed by atoms with Gasteiger partial charge < -0.3 is 4.74 Å². The fourth-order valence-electron chi connectivity index (χ4n) is 2.71. The summed E-state index contributed by atoms with van der Waals surface area (Å²) in [7, 11) is 1.74. The van der Waals surface area contributed by atoms with Gasteiger partial charge in [0.25, 0.3) is 0 Å². The molecule has 1 aliphatic rings. The molecular weight excluding hydrogens is 302 g/mol. The molecule has 1 aromatic heterocycles. The SMILES string of the molecule is COC(c1cccc(Br)c1)c1cc2c(cn1)CCC2. The highest BCUT2D eigenvalue weighted by Gasteiger charge is 2.18. The minimum Gasteiger partial charge on any atom is -0.370 e. The van der Waals surface area contributed by atoms with Crippen LogP contribution in [-0.2, 0) is 17.6 Å². The van der Waals surface area contributed by atoms with Crippen LogP contribution in [-0.4, -0.2) is 12.1 Å².